The third-order valence-corrected chi connectivity index (χ3v) is 3.29. The van der Waals surface area contributed by atoms with Gasteiger partial charge in [0.05, 0.1) is 11.6 Å². The lowest BCUT2D eigenvalue weighted by atomic mass is 9.96. The van der Waals surface area contributed by atoms with Crippen molar-refractivity contribution in [1.29, 1.82) is 0 Å². The van der Waals surface area contributed by atoms with E-state index in [1.165, 1.54) is 0 Å². The Kier molecular flexibility index (Phi) is 6.02. The van der Waals surface area contributed by atoms with E-state index >= 15 is 0 Å². The number of carbonyl (C=O) groups is 1. The molecule has 0 spiro atoms. The minimum Gasteiger partial charge on any atom is -0.491 e. The van der Waals surface area contributed by atoms with E-state index in [-0.39, 0.29) is 12.0 Å². The lowest BCUT2D eigenvalue weighted by Crippen LogP contribution is -2.48. The minimum atomic E-state index is -0.845. The van der Waals surface area contributed by atoms with Gasteiger partial charge in [-0.2, -0.15) is 0 Å². The van der Waals surface area contributed by atoms with Gasteiger partial charge in [0.15, 0.2) is 0 Å². The smallest absolute Gasteiger partial charge is 0.244 e. The molecule has 4 nitrogen and oxygen atoms in total. The Morgan fingerprint density at radius 3 is 2.75 bits per heavy atom. The van der Waals surface area contributed by atoms with Crippen molar-refractivity contribution < 1.29 is 9.53 Å². The maximum Gasteiger partial charge on any atom is 0.244 e. The summed E-state index contributed by atoms with van der Waals surface area (Å²) in [7, 11) is 0. The SMILES string of the molecule is CCCC(C)(N)C(=O)Nc1cccc(OC(C)CC)c1. The van der Waals surface area contributed by atoms with E-state index in [0.717, 1.165) is 18.6 Å². The molecular formula is C16H26N2O2. The Morgan fingerprint density at radius 1 is 1.45 bits per heavy atom. The molecule has 0 aliphatic heterocycles. The Hall–Kier alpha value is -1.55. The maximum atomic E-state index is 12.1. The lowest BCUT2D eigenvalue weighted by Gasteiger charge is -2.23. The van der Waals surface area contributed by atoms with Crippen molar-refractivity contribution in [3.63, 3.8) is 0 Å². The van der Waals surface area contributed by atoms with Gasteiger partial charge in [-0.05, 0) is 38.8 Å². The number of nitrogens with two attached hydrogens (primary N) is 1. The third kappa shape index (κ3) is 4.85. The summed E-state index contributed by atoms with van der Waals surface area (Å²) in [5, 5.41) is 2.85. The molecule has 0 aromatic heterocycles. The monoisotopic (exact) mass is 278 g/mol. The summed E-state index contributed by atoms with van der Waals surface area (Å²) in [4.78, 5) is 12.1. The van der Waals surface area contributed by atoms with Crippen LogP contribution >= 0.6 is 0 Å². The summed E-state index contributed by atoms with van der Waals surface area (Å²) in [6, 6.07) is 7.41. The van der Waals surface area contributed by atoms with Crippen molar-refractivity contribution in [2.45, 2.75) is 58.6 Å². The molecule has 112 valence electrons. The van der Waals surface area contributed by atoms with Crippen LogP contribution in [0.4, 0.5) is 5.69 Å². The van der Waals surface area contributed by atoms with Gasteiger partial charge in [-0.3, -0.25) is 4.79 Å². The highest BCUT2D eigenvalue weighted by Crippen LogP contribution is 2.20. The highest BCUT2D eigenvalue weighted by molar-refractivity contribution is 5.97. The molecule has 2 atom stereocenters. The molecule has 0 radical (unpaired) electrons. The van der Waals surface area contributed by atoms with E-state index in [2.05, 4.69) is 12.2 Å². The maximum absolute atomic E-state index is 12.1. The quantitative estimate of drug-likeness (QED) is 0.804. The Bertz CT molecular complexity index is 444. The average Bonchev–Trinajstić information content (AvgIpc) is 2.38. The molecule has 0 saturated carbocycles. The first kappa shape index (κ1) is 16.5. The summed E-state index contributed by atoms with van der Waals surface area (Å²) in [6.45, 7) is 7.86. The van der Waals surface area contributed by atoms with Gasteiger partial charge in [0, 0.05) is 11.8 Å². The number of hydrogen-bond donors (Lipinski definition) is 2. The topological polar surface area (TPSA) is 64.4 Å². The van der Waals surface area contributed by atoms with Crippen LogP contribution in [0.3, 0.4) is 0 Å². The van der Waals surface area contributed by atoms with E-state index in [1.807, 2.05) is 38.1 Å². The molecule has 4 heteroatoms. The minimum absolute atomic E-state index is 0.154. The molecule has 0 fully saturated rings. The van der Waals surface area contributed by atoms with E-state index < -0.39 is 5.54 Å². The van der Waals surface area contributed by atoms with Crippen molar-refractivity contribution in [2.75, 3.05) is 5.32 Å². The van der Waals surface area contributed by atoms with Crippen molar-refractivity contribution in [3.05, 3.63) is 24.3 Å². The van der Waals surface area contributed by atoms with E-state index in [0.29, 0.717) is 12.1 Å². The van der Waals surface area contributed by atoms with Gasteiger partial charge < -0.3 is 15.8 Å². The lowest BCUT2D eigenvalue weighted by molar-refractivity contribution is -0.120. The first-order valence-electron chi connectivity index (χ1n) is 7.26. The second-order valence-electron chi connectivity index (χ2n) is 5.49. The molecule has 3 N–H and O–H groups in total. The van der Waals surface area contributed by atoms with Crippen LogP contribution in [0.25, 0.3) is 0 Å². The summed E-state index contributed by atoms with van der Waals surface area (Å²) in [5.41, 5.74) is 5.88. The van der Waals surface area contributed by atoms with Gasteiger partial charge in [-0.15, -0.1) is 0 Å². The molecule has 1 amide bonds. The number of hydrogen-bond acceptors (Lipinski definition) is 3. The number of nitrogens with one attached hydrogen (secondary N) is 1. The summed E-state index contributed by atoms with van der Waals surface area (Å²) in [6.07, 6.45) is 2.62. The van der Waals surface area contributed by atoms with Crippen molar-refractivity contribution >= 4 is 11.6 Å². The van der Waals surface area contributed by atoms with Crippen LogP contribution < -0.4 is 15.8 Å². The van der Waals surface area contributed by atoms with Crippen molar-refractivity contribution in [3.8, 4) is 5.75 Å². The fraction of sp³-hybridized carbons (Fsp3) is 0.562. The van der Waals surface area contributed by atoms with Gasteiger partial charge in [0.2, 0.25) is 5.91 Å². The first-order chi connectivity index (χ1) is 9.39. The molecule has 1 rings (SSSR count). The predicted octanol–water partition coefficient (Wildman–Crippen LogP) is 3.32. The van der Waals surface area contributed by atoms with Crippen LogP contribution in [0.1, 0.15) is 47.0 Å². The van der Waals surface area contributed by atoms with Crippen LogP contribution in [0.5, 0.6) is 5.75 Å². The van der Waals surface area contributed by atoms with Gasteiger partial charge in [0.25, 0.3) is 0 Å². The van der Waals surface area contributed by atoms with Crippen LogP contribution in [0.2, 0.25) is 0 Å². The van der Waals surface area contributed by atoms with Crippen LogP contribution in [0.15, 0.2) is 24.3 Å². The number of rotatable bonds is 7. The van der Waals surface area contributed by atoms with E-state index in [9.17, 15) is 4.79 Å². The largest absolute Gasteiger partial charge is 0.491 e. The number of benzene rings is 1. The molecule has 0 aliphatic rings. The van der Waals surface area contributed by atoms with Crippen LogP contribution in [-0.2, 0) is 4.79 Å². The molecule has 1 aromatic carbocycles. The Labute approximate surface area is 121 Å². The molecule has 0 saturated heterocycles. The zero-order valence-corrected chi connectivity index (χ0v) is 12.9. The Morgan fingerprint density at radius 2 is 2.15 bits per heavy atom. The standard InChI is InChI=1S/C16H26N2O2/c1-5-10-16(4,17)15(19)18-13-8-7-9-14(11-13)20-12(3)6-2/h7-9,11-12H,5-6,10,17H2,1-4H3,(H,18,19). The van der Waals surface area contributed by atoms with Crippen LogP contribution in [-0.4, -0.2) is 17.6 Å². The number of anilines is 1. The molecule has 2 unspecified atom stereocenters. The second-order valence-corrected chi connectivity index (χ2v) is 5.49. The highest BCUT2D eigenvalue weighted by atomic mass is 16.5. The fourth-order valence-electron chi connectivity index (χ4n) is 1.87. The third-order valence-electron chi connectivity index (χ3n) is 3.29. The average molecular weight is 278 g/mol. The normalized spacial score (nSPS) is 15.2. The van der Waals surface area contributed by atoms with Crippen molar-refractivity contribution in [2.24, 2.45) is 5.73 Å². The van der Waals surface area contributed by atoms with E-state index in [4.69, 9.17) is 10.5 Å². The number of amides is 1. The second kappa shape index (κ2) is 7.29. The van der Waals surface area contributed by atoms with Gasteiger partial charge >= 0.3 is 0 Å². The molecule has 1 aromatic rings. The predicted molar refractivity (Wildman–Crippen MR) is 83.0 cm³/mol. The summed E-state index contributed by atoms with van der Waals surface area (Å²) in [5.74, 6) is 0.589. The fourth-order valence-corrected chi connectivity index (χ4v) is 1.87. The van der Waals surface area contributed by atoms with Gasteiger partial charge in [0.1, 0.15) is 5.75 Å². The Balaban J connectivity index is 2.73. The van der Waals surface area contributed by atoms with Crippen molar-refractivity contribution in [1.82, 2.24) is 0 Å². The number of ether oxygens (including phenoxy) is 1. The molecular weight excluding hydrogens is 252 g/mol. The highest BCUT2D eigenvalue weighted by Gasteiger charge is 2.27. The first-order valence-corrected chi connectivity index (χ1v) is 7.26. The number of carbonyl (C=O) groups excluding carboxylic acids is 1. The molecule has 0 heterocycles. The van der Waals surface area contributed by atoms with Crippen LogP contribution in [0, 0.1) is 0 Å². The molecule has 0 aliphatic carbocycles. The zero-order valence-electron chi connectivity index (χ0n) is 12.9. The molecule has 20 heavy (non-hydrogen) atoms. The van der Waals surface area contributed by atoms with Gasteiger partial charge in [-0.25, -0.2) is 0 Å². The summed E-state index contributed by atoms with van der Waals surface area (Å²) < 4.78 is 5.74. The van der Waals surface area contributed by atoms with E-state index in [1.54, 1.807) is 6.92 Å². The zero-order chi connectivity index (χ0) is 15.2. The van der Waals surface area contributed by atoms with Gasteiger partial charge in [-0.1, -0.05) is 26.3 Å². The molecule has 0 bridgehead atoms. The summed E-state index contributed by atoms with van der Waals surface area (Å²) >= 11 is 0.